The highest BCUT2D eigenvalue weighted by atomic mass is 16.6. The van der Waals surface area contributed by atoms with Gasteiger partial charge in [-0.2, -0.15) is 0 Å². The van der Waals surface area contributed by atoms with Crippen molar-refractivity contribution in [1.82, 2.24) is 0 Å². The number of aliphatic hydroxyl groups excluding tert-OH is 1. The van der Waals surface area contributed by atoms with Crippen LogP contribution >= 0.6 is 0 Å². The van der Waals surface area contributed by atoms with Gasteiger partial charge in [0.2, 0.25) is 5.78 Å². The molecule has 0 spiro atoms. The molecule has 1 aromatic carbocycles. The summed E-state index contributed by atoms with van der Waals surface area (Å²) in [5.41, 5.74) is -0.383. The lowest BCUT2D eigenvalue weighted by molar-refractivity contribution is -0.140. The number of carbonyl (C=O) groups is 3. The van der Waals surface area contributed by atoms with E-state index in [-0.39, 0.29) is 34.6 Å². The van der Waals surface area contributed by atoms with Crippen molar-refractivity contribution < 1.29 is 34.1 Å². The smallest absolute Gasteiger partial charge is 0.309 e. The number of cyclic esters (lactones) is 1. The molecule has 1 saturated heterocycles. The molecule has 1 aliphatic heterocycles. The number of aromatic hydroxyl groups is 1. The molecule has 0 radical (unpaired) electrons. The minimum Gasteiger partial charge on any atom is -0.507 e. The minimum atomic E-state index is -1.26. The Morgan fingerprint density at radius 3 is 2.55 bits per heavy atom. The number of benzene rings is 1. The highest BCUT2D eigenvalue weighted by Crippen LogP contribution is 2.36. The molecule has 2 N–H and O–H groups in total. The number of hydrogen-bond donors (Lipinski definition) is 2. The Hall–Kier alpha value is -2.67. The maximum atomic E-state index is 12.6. The predicted octanol–water partition coefficient (Wildman–Crippen LogP) is 0.348. The number of aliphatic hydroxyl groups is 1. The van der Waals surface area contributed by atoms with Gasteiger partial charge in [-0.15, -0.1) is 0 Å². The molecule has 0 unspecified atom stereocenters. The van der Waals surface area contributed by atoms with Gasteiger partial charge >= 0.3 is 5.97 Å². The van der Waals surface area contributed by atoms with Crippen molar-refractivity contribution in [3.63, 3.8) is 0 Å². The molecule has 2 aliphatic rings. The number of esters is 1. The van der Waals surface area contributed by atoms with E-state index >= 15 is 0 Å². The Bertz CT molecular complexity index is 731. The van der Waals surface area contributed by atoms with Gasteiger partial charge in [0.25, 0.3) is 0 Å². The van der Waals surface area contributed by atoms with Gasteiger partial charge in [0.1, 0.15) is 11.9 Å². The van der Waals surface area contributed by atoms with Crippen molar-refractivity contribution in [2.45, 2.75) is 18.6 Å². The molecular weight excluding hydrogens is 292 g/mol. The van der Waals surface area contributed by atoms with Gasteiger partial charge in [0.15, 0.2) is 17.6 Å². The number of Topliss-reactive ketones (excluding diaryl/α,β-unsaturated/α-hetero) is 2. The third kappa shape index (κ3) is 1.90. The first-order valence-electron chi connectivity index (χ1n) is 6.52. The van der Waals surface area contributed by atoms with Crippen LogP contribution in [0, 0.1) is 0 Å². The molecule has 114 valence electrons. The molecule has 1 aliphatic carbocycles. The average molecular weight is 304 g/mol. The lowest BCUT2D eigenvalue weighted by Crippen LogP contribution is -2.34. The third-order valence-corrected chi connectivity index (χ3v) is 3.68. The van der Waals surface area contributed by atoms with Crippen LogP contribution in [0.3, 0.4) is 0 Å². The summed E-state index contributed by atoms with van der Waals surface area (Å²) in [6, 6.07) is 4.09. The van der Waals surface area contributed by atoms with E-state index in [1.807, 2.05) is 0 Å². The van der Waals surface area contributed by atoms with E-state index < -0.39 is 29.7 Å². The Morgan fingerprint density at radius 2 is 1.95 bits per heavy atom. The van der Waals surface area contributed by atoms with E-state index in [0.717, 1.165) is 0 Å². The number of fused-ring (bicyclic) bond motifs is 1. The van der Waals surface area contributed by atoms with Crippen LogP contribution in [0.15, 0.2) is 29.5 Å². The molecular formula is C15H12O7. The normalized spacial score (nSPS) is 24.4. The van der Waals surface area contributed by atoms with Crippen molar-refractivity contribution in [3.8, 4) is 5.75 Å². The summed E-state index contributed by atoms with van der Waals surface area (Å²) in [5.74, 6) is -2.66. The van der Waals surface area contributed by atoms with Crippen LogP contribution in [0.4, 0.5) is 0 Å². The molecule has 0 saturated carbocycles. The molecule has 7 nitrogen and oxygen atoms in total. The van der Waals surface area contributed by atoms with Gasteiger partial charge in [-0.1, -0.05) is 12.1 Å². The maximum Gasteiger partial charge on any atom is 0.309 e. The van der Waals surface area contributed by atoms with Gasteiger partial charge in [0.05, 0.1) is 24.7 Å². The average Bonchev–Trinajstić information content (AvgIpc) is 2.80. The number of rotatable bonds is 2. The van der Waals surface area contributed by atoms with Crippen LogP contribution in [0.5, 0.6) is 5.75 Å². The van der Waals surface area contributed by atoms with E-state index in [9.17, 15) is 24.6 Å². The number of phenols is 1. The zero-order valence-corrected chi connectivity index (χ0v) is 11.5. The fourth-order valence-electron chi connectivity index (χ4n) is 2.71. The second kappa shape index (κ2) is 4.96. The Labute approximate surface area is 124 Å². The Morgan fingerprint density at radius 1 is 1.23 bits per heavy atom. The summed E-state index contributed by atoms with van der Waals surface area (Å²) in [5, 5.41) is 19.7. The van der Waals surface area contributed by atoms with E-state index in [0.29, 0.717) is 0 Å². The van der Waals surface area contributed by atoms with E-state index in [1.54, 1.807) is 0 Å². The zero-order valence-electron chi connectivity index (χ0n) is 11.5. The fraction of sp³-hybridized carbons (Fsp3) is 0.267. The van der Waals surface area contributed by atoms with Crippen LogP contribution < -0.4 is 0 Å². The quantitative estimate of drug-likeness (QED) is 0.758. The van der Waals surface area contributed by atoms with Crippen molar-refractivity contribution in [2.24, 2.45) is 0 Å². The summed E-state index contributed by atoms with van der Waals surface area (Å²) in [4.78, 5) is 36.4. The molecule has 1 fully saturated rings. The van der Waals surface area contributed by atoms with Gasteiger partial charge in [-0.05, 0) is 6.07 Å². The van der Waals surface area contributed by atoms with Crippen LogP contribution in [0.2, 0.25) is 0 Å². The van der Waals surface area contributed by atoms with Gasteiger partial charge in [-0.25, -0.2) is 0 Å². The number of ketones is 2. The second-order valence-corrected chi connectivity index (χ2v) is 4.99. The van der Waals surface area contributed by atoms with E-state index in [2.05, 4.69) is 0 Å². The number of carbonyl (C=O) groups excluding carboxylic acids is 3. The summed E-state index contributed by atoms with van der Waals surface area (Å²) in [6.07, 6.45) is -2.75. The van der Waals surface area contributed by atoms with E-state index in [4.69, 9.17) is 9.47 Å². The molecule has 1 heterocycles. The molecule has 3 rings (SSSR count). The van der Waals surface area contributed by atoms with Crippen molar-refractivity contribution in [1.29, 1.82) is 0 Å². The van der Waals surface area contributed by atoms with Gasteiger partial charge in [0, 0.05) is 5.56 Å². The van der Waals surface area contributed by atoms with Crippen molar-refractivity contribution >= 4 is 17.5 Å². The van der Waals surface area contributed by atoms with Crippen LogP contribution in [-0.4, -0.2) is 47.1 Å². The lowest BCUT2D eigenvalue weighted by Gasteiger charge is -2.24. The predicted molar refractivity (Wildman–Crippen MR) is 71.3 cm³/mol. The van der Waals surface area contributed by atoms with Crippen LogP contribution in [0.1, 0.15) is 27.1 Å². The van der Waals surface area contributed by atoms with Crippen LogP contribution in [0.25, 0.3) is 0 Å². The first-order valence-corrected chi connectivity index (χ1v) is 6.52. The standard InChI is InChI=1S/C15H12O7/c1-21-15-11(14-8(17)5-9(18)22-14)12(19)6-3-2-4-7(16)10(6)13(15)20/h2-4,8,14,16-17H,5H2,1H3/t8-,14+/m1/s1. The summed E-state index contributed by atoms with van der Waals surface area (Å²) in [6.45, 7) is 0. The second-order valence-electron chi connectivity index (χ2n) is 4.99. The number of allylic oxidation sites excluding steroid dienone is 1. The number of ether oxygens (including phenoxy) is 2. The largest absolute Gasteiger partial charge is 0.507 e. The van der Waals surface area contributed by atoms with Gasteiger partial charge < -0.3 is 19.7 Å². The summed E-state index contributed by atoms with van der Waals surface area (Å²) < 4.78 is 9.94. The maximum absolute atomic E-state index is 12.6. The molecule has 22 heavy (non-hydrogen) atoms. The number of hydrogen-bond acceptors (Lipinski definition) is 7. The van der Waals surface area contributed by atoms with Gasteiger partial charge in [-0.3, -0.25) is 14.4 Å². The first-order chi connectivity index (χ1) is 10.5. The van der Waals surface area contributed by atoms with Crippen molar-refractivity contribution in [2.75, 3.05) is 7.11 Å². The highest BCUT2D eigenvalue weighted by Gasteiger charge is 2.45. The molecule has 1 aromatic rings. The third-order valence-electron chi connectivity index (χ3n) is 3.68. The Balaban J connectivity index is 2.19. The van der Waals surface area contributed by atoms with Crippen LogP contribution in [-0.2, 0) is 14.3 Å². The molecule has 2 atom stereocenters. The molecule has 0 amide bonds. The lowest BCUT2D eigenvalue weighted by atomic mass is 9.84. The first kappa shape index (κ1) is 14.3. The van der Waals surface area contributed by atoms with E-state index in [1.165, 1.54) is 25.3 Å². The van der Waals surface area contributed by atoms with Crippen molar-refractivity contribution in [3.05, 3.63) is 40.7 Å². The number of phenolic OH excluding ortho intramolecular Hbond substituents is 1. The Kier molecular flexibility index (Phi) is 3.22. The topological polar surface area (TPSA) is 110 Å². The SMILES string of the molecule is COC1=C([C@H]2OC(=O)C[C@H]2O)C(=O)c2cccc(O)c2C1=O. The zero-order chi connectivity index (χ0) is 16.0. The monoisotopic (exact) mass is 304 g/mol. The molecule has 7 heteroatoms. The summed E-state index contributed by atoms with van der Waals surface area (Å²) >= 11 is 0. The summed E-state index contributed by atoms with van der Waals surface area (Å²) in [7, 11) is 1.19. The highest BCUT2D eigenvalue weighted by molar-refractivity contribution is 6.27. The molecule has 0 bridgehead atoms. The number of methoxy groups -OCH3 is 1. The minimum absolute atomic E-state index is 0.0176. The molecule has 0 aromatic heterocycles. The fourth-order valence-corrected chi connectivity index (χ4v) is 2.71.